The van der Waals surface area contributed by atoms with E-state index in [9.17, 15) is 4.79 Å². The molecule has 0 bridgehead atoms. The van der Waals surface area contributed by atoms with Crippen molar-refractivity contribution in [3.63, 3.8) is 0 Å². The third-order valence-corrected chi connectivity index (χ3v) is 5.78. The quantitative estimate of drug-likeness (QED) is 0.312. The smallest absolute Gasteiger partial charge is 0.214 e. The zero-order valence-electron chi connectivity index (χ0n) is 17.1. The fourth-order valence-electron chi connectivity index (χ4n) is 3.05. The molecular formula is C21H28N3O3S+. The molecule has 7 heteroatoms. The molecule has 3 rings (SSSR count). The minimum Gasteiger partial charge on any atom is -0.468 e. The van der Waals surface area contributed by atoms with E-state index in [2.05, 4.69) is 38.6 Å². The van der Waals surface area contributed by atoms with E-state index >= 15 is 0 Å². The van der Waals surface area contributed by atoms with E-state index in [0.29, 0.717) is 11.1 Å². The number of quaternary nitrogens is 1. The number of thioether (sulfide) groups is 1. The maximum Gasteiger partial charge on any atom is 0.214 e. The number of nitrogens with one attached hydrogen (secondary N) is 1. The number of hydrogen-bond donors (Lipinski definition) is 1. The maximum absolute atomic E-state index is 11.3. The van der Waals surface area contributed by atoms with Crippen molar-refractivity contribution in [3.05, 3.63) is 42.0 Å². The molecule has 1 atom stereocenters. The van der Waals surface area contributed by atoms with Crippen LogP contribution in [0.15, 0.2) is 41.3 Å². The van der Waals surface area contributed by atoms with Crippen LogP contribution in [0.4, 0.5) is 17.1 Å². The van der Waals surface area contributed by atoms with E-state index < -0.39 is 0 Å². The van der Waals surface area contributed by atoms with Crippen LogP contribution in [0.25, 0.3) is 0 Å². The normalized spacial score (nSPS) is 15.7. The monoisotopic (exact) mass is 402 g/mol. The minimum absolute atomic E-state index is 0.109. The molecule has 28 heavy (non-hydrogen) atoms. The van der Waals surface area contributed by atoms with E-state index in [0.717, 1.165) is 34.1 Å². The fraction of sp³-hybridized carbons (Fsp3) is 0.381. The van der Waals surface area contributed by atoms with Crippen LogP contribution in [0.2, 0.25) is 0 Å². The predicted molar refractivity (Wildman–Crippen MR) is 116 cm³/mol. The number of hydrogen-bond acceptors (Lipinski definition) is 5. The van der Waals surface area contributed by atoms with Gasteiger partial charge in [-0.1, -0.05) is 17.8 Å². The van der Waals surface area contributed by atoms with Gasteiger partial charge in [-0.3, -0.25) is 9.28 Å². The fourth-order valence-corrected chi connectivity index (χ4v) is 4.21. The Kier molecular flexibility index (Phi) is 6.17. The lowest BCUT2D eigenvalue weighted by Crippen LogP contribution is -2.36. The number of fused-ring (bicyclic) bond motifs is 1. The van der Waals surface area contributed by atoms with Crippen molar-refractivity contribution in [1.29, 1.82) is 0 Å². The molecular weight excluding hydrogens is 374 g/mol. The molecule has 1 aliphatic rings. The third kappa shape index (κ3) is 4.43. The second-order valence-electron chi connectivity index (χ2n) is 7.53. The minimum atomic E-state index is 0.109. The Balaban J connectivity index is 1.83. The van der Waals surface area contributed by atoms with Crippen molar-refractivity contribution in [3.8, 4) is 5.75 Å². The Labute approximate surface area is 171 Å². The Bertz CT molecular complexity index is 851. The molecule has 150 valence electrons. The highest BCUT2D eigenvalue weighted by molar-refractivity contribution is 8.00. The second kappa shape index (κ2) is 8.43. The SMILES string of the molecule is CCOCOc1ccc2c(c1)SC(c1ccc(N(C)C=O)c([N+](C)(C)C)c1)N2. The van der Waals surface area contributed by atoms with E-state index in [-0.39, 0.29) is 12.2 Å². The molecule has 1 unspecified atom stereocenters. The van der Waals surface area contributed by atoms with Crippen molar-refractivity contribution in [2.24, 2.45) is 0 Å². The highest BCUT2D eigenvalue weighted by atomic mass is 32.2. The van der Waals surface area contributed by atoms with Crippen molar-refractivity contribution in [1.82, 2.24) is 4.48 Å². The van der Waals surface area contributed by atoms with Crippen molar-refractivity contribution >= 4 is 35.2 Å². The van der Waals surface area contributed by atoms with Gasteiger partial charge in [0.2, 0.25) is 6.41 Å². The van der Waals surface area contributed by atoms with E-state index in [4.69, 9.17) is 9.47 Å². The van der Waals surface area contributed by atoms with Crippen molar-refractivity contribution in [2.75, 3.05) is 51.8 Å². The van der Waals surface area contributed by atoms with Crippen LogP contribution in [0.5, 0.6) is 5.75 Å². The molecule has 6 nitrogen and oxygen atoms in total. The van der Waals surface area contributed by atoms with Crippen molar-refractivity contribution < 1.29 is 14.3 Å². The van der Waals surface area contributed by atoms with Gasteiger partial charge in [0, 0.05) is 30.3 Å². The highest BCUT2D eigenvalue weighted by Gasteiger charge is 2.27. The Hall–Kier alpha value is -2.22. The highest BCUT2D eigenvalue weighted by Crippen LogP contribution is 2.48. The largest absolute Gasteiger partial charge is 0.468 e. The molecule has 0 saturated heterocycles. The number of carbonyl (C=O) groups excluding carboxylic acids is 1. The summed E-state index contributed by atoms with van der Waals surface area (Å²) in [5, 5.41) is 3.68. The zero-order valence-corrected chi connectivity index (χ0v) is 17.9. The molecule has 2 aromatic rings. The summed E-state index contributed by atoms with van der Waals surface area (Å²) < 4.78 is 11.5. The average molecular weight is 403 g/mol. The Morgan fingerprint density at radius 2 is 2.00 bits per heavy atom. The van der Waals surface area contributed by atoms with Gasteiger partial charge >= 0.3 is 0 Å². The number of anilines is 2. The number of ether oxygens (including phenoxy) is 2. The first-order valence-electron chi connectivity index (χ1n) is 9.25. The molecule has 0 spiro atoms. The molecule has 1 aliphatic heterocycles. The molecule has 0 aromatic heterocycles. The third-order valence-electron chi connectivity index (χ3n) is 4.56. The summed E-state index contributed by atoms with van der Waals surface area (Å²) in [6, 6.07) is 12.3. The van der Waals surface area contributed by atoms with Gasteiger partial charge in [0.1, 0.15) is 16.8 Å². The summed E-state index contributed by atoms with van der Waals surface area (Å²) in [7, 11) is 8.09. The number of rotatable bonds is 8. The zero-order chi connectivity index (χ0) is 20.3. The van der Waals surface area contributed by atoms with Gasteiger partial charge in [0.15, 0.2) is 12.5 Å². The molecule has 0 fully saturated rings. The van der Waals surface area contributed by atoms with Crippen LogP contribution in [0.3, 0.4) is 0 Å². The maximum atomic E-state index is 11.3. The Morgan fingerprint density at radius 3 is 2.68 bits per heavy atom. The van der Waals surface area contributed by atoms with Gasteiger partial charge in [0.25, 0.3) is 0 Å². The average Bonchev–Trinajstić information content (AvgIpc) is 3.10. The number of nitrogens with zero attached hydrogens (tertiary/aromatic N) is 2. The molecule has 2 aromatic carbocycles. The lowest BCUT2D eigenvalue weighted by atomic mass is 10.1. The first kappa shape index (κ1) is 20.5. The van der Waals surface area contributed by atoms with Gasteiger partial charge in [-0.25, -0.2) is 0 Å². The van der Waals surface area contributed by atoms with Gasteiger partial charge in [-0.15, -0.1) is 0 Å². The van der Waals surface area contributed by atoms with Gasteiger partial charge in [-0.2, -0.15) is 0 Å². The summed E-state index contributed by atoms with van der Waals surface area (Å²) in [6.07, 6.45) is 0.844. The van der Waals surface area contributed by atoms with Crippen molar-refractivity contribution in [2.45, 2.75) is 17.2 Å². The predicted octanol–water partition coefficient (Wildman–Crippen LogP) is 4.07. The van der Waals surface area contributed by atoms with Crippen LogP contribution in [-0.2, 0) is 9.53 Å². The molecule has 0 radical (unpaired) electrons. The summed E-state index contributed by atoms with van der Waals surface area (Å²) in [6.45, 7) is 2.84. The first-order chi connectivity index (χ1) is 13.3. The van der Waals surface area contributed by atoms with Crippen LogP contribution >= 0.6 is 11.8 Å². The van der Waals surface area contributed by atoms with E-state index in [1.165, 1.54) is 5.56 Å². The first-order valence-corrected chi connectivity index (χ1v) is 10.1. The lowest BCUT2D eigenvalue weighted by Gasteiger charge is -2.29. The molecule has 0 aliphatic carbocycles. The summed E-state index contributed by atoms with van der Waals surface area (Å²) >= 11 is 1.76. The van der Waals surface area contributed by atoms with Gasteiger partial charge < -0.3 is 19.7 Å². The number of carbonyl (C=O) groups is 1. The van der Waals surface area contributed by atoms with Crippen LogP contribution < -0.4 is 19.4 Å². The molecule has 1 amide bonds. The standard InChI is InChI=1S/C21H28N3O3S/c1-6-26-14-27-16-8-9-17-20(12-16)28-21(22-17)15-7-10-18(23(2)13-25)19(11-15)24(3,4)5/h7-13,21-22H,6,14H2,1-5H3/q+1. The van der Waals surface area contributed by atoms with Crippen LogP contribution in [0, 0.1) is 0 Å². The van der Waals surface area contributed by atoms with E-state index in [1.807, 2.05) is 31.2 Å². The summed E-state index contributed by atoms with van der Waals surface area (Å²) in [4.78, 5) is 14.1. The molecule has 1 heterocycles. The summed E-state index contributed by atoms with van der Waals surface area (Å²) in [5.74, 6) is 0.803. The van der Waals surface area contributed by atoms with Gasteiger partial charge in [0.05, 0.1) is 21.1 Å². The van der Waals surface area contributed by atoms with E-state index in [1.54, 1.807) is 23.7 Å². The second-order valence-corrected chi connectivity index (χ2v) is 8.68. The molecule has 0 saturated carbocycles. The number of amides is 1. The number of benzene rings is 2. The topological polar surface area (TPSA) is 50.8 Å². The van der Waals surface area contributed by atoms with Crippen LogP contribution in [0.1, 0.15) is 17.9 Å². The van der Waals surface area contributed by atoms with Crippen LogP contribution in [-0.4, -0.2) is 48.0 Å². The Morgan fingerprint density at radius 1 is 1.21 bits per heavy atom. The van der Waals surface area contributed by atoms with Gasteiger partial charge in [-0.05, 0) is 36.8 Å². The lowest BCUT2D eigenvalue weighted by molar-refractivity contribution is -0.107. The molecule has 1 N–H and O–H groups in total. The summed E-state index contributed by atoms with van der Waals surface area (Å²) in [5.41, 5.74) is 4.27.